The van der Waals surface area contributed by atoms with Crippen molar-refractivity contribution in [2.75, 3.05) is 13.7 Å². The molecule has 1 rings (SSSR count). The number of Topliss-reactive ketones (excluding diaryl/α,β-unsaturated/α-hetero) is 1. The van der Waals surface area contributed by atoms with Crippen molar-refractivity contribution in [1.29, 1.82) is 0 Å². The van der Waals surface area contributed by atoms with Crippen LogP contribution in [0.25, 0.3) is 0 Å². The molecule has 3 nitrogen and oxygen atoms in total. The predicted octanol–water partition coefficient (Wildman–Crippen LogP) is 2.30. The molecule has 0 radical (unpaired) electrons. The zero-order chi connectivity index (χ0) is 11.3. The van der Waals surface area contributed by atoms with E-state index in [-0.39, 0.29) is 11.9 Å². The fourth-order valence-electron chi connectivity index (χ4n) is 1.09. The molecule has 1 aromatic carbocycles. The molecule has 0 aliphatic carbocycles. The zero-order valence-corrected chi connectivity index (χ0v) is 9.32. The molecule has 3 heteroatoms. The van der Waals surface area contributed by atoms with Gasteiger partial charge in [0.25, 0.3) is 0 Å². The maximum absolute atomic E-state index is 11.1. The zero-order valence-electron chi connectivity index (χ0n) is 9.32. The summed E-state index contributed by atoms with van der Waals surface area (Å²) < 4.78 is 10.5. The van der Waals surface area contributed by atoms with Gasteiger partial charge in [-0.25, -0.2) is 0 Å². The first kappa shape index (κ1) is 11.7. The lowest BCUT2D eigenvalue weighted by molar-refractivity contribution is 0.0716. The molecule has 0 amide bonds. The third-order valence-electron chi connectivity index (χ3n) is 2.13. The van der Waals surface area contributed by atoms with Crippen LogP contribution in [0.2, 0.25) is 0 Å². The minimum atomic E-state index is 0.0419. The smallest absolute Gasteiger partial charge is 0.159 e. The van der Waals surface area contributed by atoms with Gasteiger partial charge in [0, 0.05) is 12.7 Å². The maximum Gasteiger partial charge on any atom is 0.159 e. The van der Waals surface area contributed by atoms with Gasteiger partial charge in [-0.3, -0.25) is 4.79 Å². The van der Waals surface area contributed by atoms with E-state index in [1.165, 1.54) is 6.92 Å². The van der Waals surface area contributed by atoms with Crippen LogP contribution >= 0.6 is 0 Å². The average Bonchev–Trinajstić information content (AvgIpc) is 2.26. The molecule has 1 atom stereocenters. The van der Waals surface area contributed by atoms with Gasteiger partial charge in [0.05, 0.1) is 6.10 Å². The molecule has 0 saturated carbocycles. The Balaban J connectivity index is 2.62. The van der Waals surface area contributed by atoms with E-state index < -0.39 is 0 Å². The van der Waals surface area contributed by atoms with Crippen molar-refractivity contribution in [3.8, 4) is 5.75 Å². The number of ketones is 1. The molecule has 0 heterocycles. The number of carbonyl (C=O) groups excluding carboxylic acids is 1. The molecule has 0 aromatic heterocycles. The van der Waals surface area contributed by atoms with Crippen molar-refractivity contribution < 1.29 is 14.3 Å². The molecule has 0 aliphatic rings. The highest BCUT2D eigenvalue weighted by atomic mass is 16.5. The first-order valence-electron chi connectivity index (χ1n) is 4.90. The Morgan fingerprint density at radius 3 is 2.80 bits per heavy atom. The standard InChI is InChI=1S/C12H16O3/c1-9(14-3)8-15-12-6-4-5-11(7-12)10(2)13/h4-7,9H,8H2,1-3H3. The summed E-state index contributed by atoms with van der Waals surface area (Å²) in [5, 5.41) is 0. The van der Waals surface area contributed by atoms with Gasteiger partial charge in [0.1, 0.15) is 12.4 Å². The van der Waals surface area contributed by atoms with Gasteiger partial charge in [-0.2, -0.15) is 0 Å². The molecule has 1 aromatic rings. The van der Waals surface area contributed by atoms with Gasteiger partial charge in [-0.15, -0.1) is 0 Å². The Kier molecular flexibility index (Phi) is 4.31. The number of carbonyl (C=O) groups is 1. The number of benzene rings is 1. The summed E-state index contributed by atoms with van der Waals surface area (Å²) in [7, 11) is 1.64. The van der Waals surface area contributed by atoms with Crippen LogP contribution < -0.4 is 4.74 Å². The van der Waals surface area contributed by atoms with Crippen LogP contribution in [-0.4, -0.2) is 25.6 Å². The fourth-order valence-corrected chi connectivity index (χ4v) is 1.09. The van der Waals surface area contributed by atoms with E-state index in [1.807, 2.05) is 19.1 Å². The largest absolute Gasteiger partial charge is 0.491 e. The molecule has 0 fully saturated rings. The van der Waals surface area contributed by atoms with Crippen molar-refractivity contribution >= 4 is 5.78 Å². The molecule has 0 N–H and O–H groups in total. The molecular formula is C12H16O3. The molecule has 0 spiro atoms. The van der Waals surface area contributed by atoms with Crippen LogP contribution in [0.3, 0.4) is 0 Å². The van der Waals surface area contributed by atoms with E-state index in [9.17, 15) is 4.79 Å². The Labute approximate surface area is 90.0 Å². The van der Waals surface area contributed by atoms with Gasteiger partial charge in [0.2, 0.25) is 0 Å². The summed E-state index contributed by atoms with van der Waals surface area (Å²) in [6, 6.07) is 7.15. The van der Waals surface area contributed by atoms with Crippen molar-refractivity contribution in [3.63, 3.8) is 0 Å². The Morgan fingerprint density at radius 2 is 2.20 bits per heavy atom. The van der Waals surface area contributed by atoms with Crippen LogP contribution in [0.15, 0.2) is 24.3 Å². The first-order valence-corrected chi connectivity index (χ1v) is 4.90. The van der Waals surface area contributed by atoms with Gasteiger partial charge in [0.15, 0.2) is 5.78 Å². The molecule has 1 unspecified atom stereocenters. The van der Waals surface area contributed by atoms with Gasteiger partial charge < -0.3 is 9.47 Å². The number of ether oxygens (including phenoxy) is 2. The number of rotatable bonds is 5. The highest BCUT2D eigenvalue weighted by Crippen LogP contribution is 2.14. The van der Waals surface area contributed by atoms with E-state index >= 15 is 0 Å². The van der Waals surface area contributed by atoms with Gasteiger partial charge in [-0.05, 0) is 26.0 Å². The van der Waals surface area contributed by atoms with E-state index in [0.29, 0.717) is 17.9 Å². The summed E-state index contributed by atoms with van der Waals surface area (Å²) in [4.78, 5) is 11.1. The third-order valence-corrected chi connectivity index (χ3v) is 2.13. The molecule has 0 aliphatic heterocycles. The second-order valence-electron chi connectivity index (χ2n) is 3.44. The Bertz CT molecular complexity index is 333. The lowest BCUT2D eigenvalue weighted by Gasteiger charge is -2.11. The second-order valence-corrected chi connectivity index (χ2v) is 3.44. The van der Waals surface area contributed by atoms with E-state index in [4.69, 9.17) is 9.47 Å². The average molecular weight is 208 g/mol. The summed E-state index contributed by atoms with van der Waals surface area (Å²) >= 11 is 0. The van der Waals surface area contributed by atoms with Crippen molar-refractivity contribution in [1.82, 2.24) is 0 Å². The fraction of sp³-hybridized carbons (Fsp3) is 0.417. The number of methoxy groups -OCH3 is 1. The lowest BCUT2D eigenvalue weighted by atomic mass is 10.1. The SMILES string of the molecule is COC(C)COc1cccc(C(C)=O)c1. The van der Waals surface area contributed by atoms with Gasteiger partial charge in [-0.1, -0.05) is 12.1 Å². The third kappa shape index (κ3) is 3.72. The molecule has 15 heavy (non-hydrogen) atoms. The van der Waals surface area contributed by atoms with Crippen LogP contribution in [-0.2, 0) is 4.74 Å². The van der Waals surface area contributed by atoms with Crippen molar-refractivity contribution in [3.05, 3.63) is 29.8 Å². The highest BCUT2D eigenvalue weighted by molar-refractivity contribution is 5.94. The van der Waals surface area contributed by atoms with Crippen LogP contribution in [0.4, 0.5) is 0 Å². The second kappa shape index (κ2) is 5.51. The Morgan fingerprint density at radius 1 is 1.47 bits per heavy atom. The van der Waals surface area contributed by atoms with Crippen LogP contribution in [0, 0.1) is 0 Å². The van der Waals surface area contributed by atoms with E-state index in [0.717, 1.165) is 0 Å². The number of hydrogen-bond acceptors (Lipinski definition) is 3. The van der Waals surface area contributed by atoms with E-state index in [2.05, 4.69) is 0 Å². The maximum atomic E-state index is 11.1. The lowest BCUT2D eigenvalue weighted by Crippen LogP contribution is -2.16. The molecule has 0 bridgehead atoms. The Hall–Kier alpha value is -1.35. The monoisotopic (exact) mass is 208 g/mol. The normalized spacial score (nSPS) is 12.2. The van der Waals surface area contributed by atoms with Gasteiger partial charge >= 0.3 is 0 Å². The molecule has 82 valence electrons. The van der Waals surface area contributed by atoms with E-state index in [1.54, 1.807) is 19.2 Å². The minimum Gasteiger partial charge on any atom is -0.491 e. The van der Waals surface area contributed by atoms with Crippen molar-refractivity contribution in [2.45, 2.75) is 20.0 Å². The number of hydrogen-bond donors (Lipinski definition) is 0. The topological polar surface area (TPSA) is 35.5 Å². The highest BCUT2D eigenvalue weighted by Gasteiger charge is 2.03. The quantitative estimate of drug-likeness (QED) is 0.696. The minimum absolute atomic E-state index is 0.0419. The van der Waals surface area contributed by atoms with Crippen LogP contribution in [0.1, 0.15) is 24.2 Å². The first-order chi connectivity index (χ1) is 7.13. The molecular weight excluding hydrogens is 192 g/mol. The predicted molar refractivity (Wildman–Crippen MR) is 58.4 cm³/mol. The summed E-state index contributed by atoms with van der Waals surface area (Å²) in [6.45, 7) is 3.95. The van der Waals surface area contributed by atoms with Crippen LogP contribution in [0.5, 0.6) is 5.75 Å². The summed E-state index contributed by atoms with van der Waals surface area (Å²) in [5.74, 6) is 0.742. The van der Waals surface area contributed by atoms with Crippen molar-refractivity contribution in [2.24, 2.45) is 0 Å². The molecule has 0 saturated heterocycles. The summed E-state index contributed by atoms with van der Waals surface area (Å²) in [6.07, 6.45) is 0.0472. The summed E-state index contributed by atoms with van der Waals surface area (Å²) in [5.41, 5.74) is 0.664.